The molecule has 1 amide bonds. The lowest BCUT2D eigenvalue weighted by Crippen LogP contribution is -2.41. The summed E-state index contributed by atoms with van der Waals surface area (Å²) < 4.78 is 53.8. The van der Waals surface area contributed by atoms with Gasteiger partial charge in [-0.05, 0) is 55.2 Å². The van der Waals surface area contributed by atoms with Gasteiger partial charge in [0.2, 0.25) is 10.0 Å². The van der Waals surface area contributed by atoms with Gasteiger partial charge in [-0.1, -0.05) is 54.1 Å². The van der Waals surface area contributed by atoms with Crippen LogP contribution in [0.15, 0.2) is 82.6 Å². The molecule has 0 saturated heterocycles. The van der Waals surface area contributed by atoms with Gasteiger partial charge in [0.25, 0.3) is 15.9 Å². The summed E-state index contributed by atoms with van der Waals surface area (Å²) in [5.74, 6) is -2.10. The van der Waals surface area contributed by atoms with E-state index >= 15 is 0 Å². The zero-order chi connectivity index (χ0) is 26.1. The van der Waals surface area contributed by atoms with Crippen molar-refractivity contribution in [2.45, 2.75) is 35.6 Å². The number of nitrogens with zero attached hydrogens (tertiary/aromatic N) is 1. The van der Waals surface area contributed by atoms with Crippen LogP contribution >= 0.6 is 0 Å². The monoisotopic (exact) mass is 528 g/mol. The summed E-state index contributed by atoms with van der Waals surface area (Å²) in [4.78, 5) is 24.1. The molecular formula is C25H24N2O7S2. The van der Waals surface area contributed by atoms with Crippen molar-refractivity contribution >= 4 is 31.9 Å². The highest BCUT2D eigenvalue weighted by atomic mass is 32.2. The molecule has 2 N–H and O–H groups in total. The van der Waals surface area contributed by atoms with Crippen LogP contribution in [-0.2, 0) is 24.8 Å². The molecule has 1 aliphatic rings. The molecule has 3 aromatic rings. The molecule has 0 bridgehead atoms. The Labute approximate surface area is 209 Å². The summed E-state index contributed by atoms with van der Waals surface area (Å²) in [7, 11) is -8.19. The molecule has 4 rings (SSSR count). The molecular weight excluding hydrogens is 504 g/mol. The minimum absolute atomic E-state index is 0.0508. The van der Waals surface area contributed by atoms with Crippen LogP contribution < -0.4 is 4.72 Å². The van der Waals surface area contributed by atoms with Crippen molar-refractivity contribution in [1.29, 1.82) is 0 Å². The summed E-state index contributed by atoms with van der Waals surface area (Å²) in [6.45, 7) is 1.69. The van der Waals surface area contributed by atoms with Crippen molar-refractivity contribution in [3.63, 3.8) is 0 Å². The average Bonchev–Trinajstić information content (AvgIpc) is 3.04. The lowest BCUT2D eigenvalue weighted by Gasteiger charge is -2.18. The number of aryl methyl sites for hydroxylation is 1. The number of amides is 1. The number of benzene rings is 3. The van der Waals surface area contributed by atoms with Crippen LogP contribution in [0.4, 0.5) is 0 Å². The van der Waals surface area contributed by atoms with Gasteiger partial charge in [0.05, 0.1) is 10.5 Å². The topological polar surface area (TPSA) is 138 Å². The van der Waals surface area contributed by atoms with Crippen LogP contribution in [0.1, 0.15) is 28.8 Å². The lowest BCUT2D eigenvalue weighted by molar-refractivity contribution is -0.139. The Morgan fingerprint density at radius 2 is 1.56 bits per heavy atom. The Balaban J connectivity index is 1.42. The number of aliphatic carboxylic acids is 1. The van der Waals surface area contributed by atoms with Gasteiger partial charge in [0.1, 0.15) is 10.9 Å². The number of nitrogens with one attached hydrogen (secondary N) is 1. The van der Waals surface area contributed by atoms with Gasteiger partial charge in [-0.2, -0.15) is 4.72 Å². The number of carbonyl (C=O) groups excluding carboxylic acids is 1. The van der Waals surface area contributed by atoms with Crippen molar-refractivity contribution in [3.8, 4) is 11.1 Å². The zero-order valence-electron chi connectivity index (χ0n) is 19.3. The molecule has 36 heavy (non-hydrogen) atoms. The van der Waals surface area contributed by atoms with E-state index in [-0.39, 0.29) is 34.7 Å². The number of fused-ring (bicyclic) bond motifs is 1. The van der Waals surface area contributed by atoms with Crippen molar-refractivity contribution < 1.29 is 31.5 Å². The predicted octanol–water partition coefficient (Wildman–Crippen LogP) is 3.02. The minimum Gasteiger partial charge on any atom is -0.480 e. The first-order valence-corrected chi connectivity index (χ1v) is 14.0. The van der Waals surface area contributed by atoms with Gasteiger partial charge in [-0.15, -0.1) is 0 Å². The summed E-state index contributed by atoms with van der Waals surface area (Å²) in [5, 5.41) is 9.56. The van der Waals surface area contributed by atoms with Crippen molar-refractivity contribution in [3.05, 3.63) is 83.9 Å². The quantitative estimate of drug-likeness (QED) is 0.435. The van der Waals surface area contributed by atoms with Crippen LogP contribution in [0.25, 0.3) is 11.1 Å². The Kier molecular flexibility index (Phi) is 6.98. The number of hydrogen-bond acceptors (Lipinski definition) is 6. The highest BCUT2D eigenvalue weighted by molar-refractivity contribution is 7.90. The second kappa shape index (κ2) is 9.84. The second-order valence-corrected chi connectivity index (χ2v) is 12.0. The Morgan fingerprint density at radius 1 is 0.972 bits per heavy atom. The van der Waals surface area contributed by atoms with E-state index in [0.29, 0.717) is 4.31 Å². The number of hydrogen-bond donors (Lipinski definition) is 2. The van der Waals surface area contributed by atoms with Gasteiger partial charge < -0.3 is 5.11 Å². The van der Waals surface area contributed by atoms with E-state index in [2.05, 4.69) is 4.72 Å². The molecule has 188 valence electrons. The van der Waals surface area contributed by atoms with Crippen LogP contribution in [-0.4, -0.2) is 50.7 Å². The molecule has 3 aromatic carbocycles. The third-order valence-corrected chi connectivity index (χ3v) is 9.24. The van der Waals surface area contributed by atoms with Crippen molar-refractivity contribution in [1.82, 2.24) is 9.03 Å². The molecule has 11 heteroatoms. The van der Waals surface area contributed by atoms with Crippen LogP contribution in [0.5, 0.6) is 0 Å². The van der Waals surface area contributed by atoms with Gasteiger partial charge in [0, 0.05) is 6.54 Å². The summed E-state index contributed by atoms with van der Waals surface area (Å²) in [5.41, 5.74) is 2.87. The largest absolute Gasteiger partial charge is 0.480 e. The molecule has 1 atom stereocenters. The molecule has 0 unspecified atom stereocenters. The fourth-order valence-electron chi connectivity index (χ4n) is 3.95. The predicted molar refractivity (Wildman–Crippen MR) is 132 cm³/mol. The zero-order valence-corrected chi connectivity index (χ0v) is 20.9. The smallest absolute Gasteiger partial charge is 0.321 e. The number of rotatable bonds is 9. The number of sulfonamides is 2. The Hall–Kier alpha value is -3.54. The molecule has 0 aromatic heterocycles. The van der Waals surface area contributed by atoms with Crippen molar-refractivity contribution in [2.24, 2.45) is 0 Å². The number of carboxylic acid groups (broad SMARTS) is 1. The van der Waals surface area contributed by atoms with Gasteiger partial charge in [0.15, 0.2) is 0 Å². The highest BCUT2D eigenvalue weighted by Crippen LogP contribution is 2.30. The van der Waals surface area contributed by atoms with Crippen molar-refractivity contribution in [2.75, 3.05) is 6.54 Å². The average molecular weight is 529 g/mol. The fourth-order valence-corrected chi connectivity index (χ4v) is 6.78. The van der Waals surface area contributed by atoms with E-state index in [9.17, 15) is 31.5 Å². The minimum atomic E-state index is -4.17. The number of carbonyl (C=O) groups is 2. The van der Waals surface area contributed by atoms with Gasteiger partial charge in [-0.3, -0.25) is 9.59 Å². The van der Waals surface area contributed by atoms with E-state index in [4.69, 9.17) is 0 Å². The maximum atomic E-state index is 12.8. The third kappa shape index (κ3) is 5.03. The van der Waals surface area contributed by atoms with E-state index in [0.717, 1.165) is 16.7 Å². The normalized spacial score (nSPS) is 15.5. The first-order chi connectivity index (χ1) is 17.0. The first kappa shape index (κ1) is 25.5. The van der Waals surface area contributed by atoms with E-state index in [1.165, 1.54) is 30.3 Å². The highest BCUT2D eigenvalue weighted by Gasteiger charge is 2.40. The van der Waals surface area contributed by atoms with Gasteiger partial charge >= 0.3 is 5.97 Å². The SMILES string of the molecule is Cc1ccc(-c2ccc(S(=O)(=O)N[C@H](CCCN3C(=O)c4ccccc4S3(=O)=O)C(=O)O)cc2)cc1. The summed E-state index contributed by atoms with van der Waals surface area (Å²) in [6.07, 6.45) is -0.267. The molecule has 0 fully saturated rings. The van der Waals surface area contributed by atoms with E-state index in [1.54, 1.807) is 18.2 Å². The van der Waals surface area contributed by atoms with Gasteiger partial charge in [-0.25, -0.2) is 21.1 Å². The second-order valence-electron chi connectivity index (χ2n) is 8.42. The third-order valence-electron chi connectivity index (χ3n) is 5.91. The van der Waals surface area contributed by atoms with Crippen LogP contribution in [0, 0.1) is 6.92 Å². The standard InChI is InChI=1S/C25H24N2O7S2/c1-17-8-10-18(11-9-17)19-12-14-20(15-13-19)35(31,32)26-22(25(29)30)6-4-16-27-24(28)21-5-2-3-7-23(21)36(27,33)34/h2-3,5,7-15,22,26H,4,6,16H2,1H3,(H,29,30)/t22-/m1/s1. The maximum Gasteiger partial charge on any atom is 0.321 e. The van der Waals surface area contributed by atoms with Crippen LogP contribution in [0.3, 0.4) is 0 Å². The molecule has 1 heterocycles. The van der Waals surface area contributed by atoms with Crippen LogP contribution in [0.2, 0.25) is 0 Å². The first-order valence-electron chi connectivity index (χ1n) is 11.1. The molecule has 1 aliphatic heterocycles. The lowest BCUT2D eigenvalue weighted by atomic mass is 10.0. The number of carboxylic acids is 1. The fraction of sp³-hybridized carbons (Fsp3) is 0.200. The molecule has 0 spiro atoms. The summed E-state index contributed by atoms with van der Waals surface area (Å²) >= 11 is 0. The summed E-state index contributed by atoms with van der Waals surface area (Å²) in [6, 6.07) is 18.1. The maximum absolute atomic E-state index is 12.8. The molecule has 0 radical (unpaired) electrons. The van der Waals surface area contributed by atoms with E-state index in [1.807, 2.05) is 31.2 Å². The van der Waals surface area contributed by atoms with E-state index < -0.39 is 38.0 Å². The molecule has 0 aliphatic carbocycles. The molecule has 0 saturated carbocycles. The Bertz CT molecular complexity index is 1520. The molecule has 9 nitrogen and oxygen atoms in total. The Morgan fingerprint density at radius 3 is 2.14 bits per heavy atom.